The topological polar surface area (TPSA) is 78.9 Å². The van der Waals surface area contributed by atoms with Gasteiger partial charge in [0.15, 0.2) is 6.61 Å². The van der Waals surface area contributed by atoms with Crippen LogP contribution in [0.1, 0.15) is 12.8 Å². The second kappa shape index (κ2) is 7.89. The molecule has 1 aromatic rings. The number of hydrogen-bond donors (Lipinski definition) is 2. The molecule has 22 heavy (non-hydrogen) atoms. The van der Waals surface area contributed by atoms with E-state index >= 15 is 0 Å². The minimum Gasteiger partial charge on any atom is -0.484 e. The molecule has 6 nitrogen and oxygen atoms in total. The Morgan fingerprint density at radius 2 is 1.91 bits per heavy atom. The Balaban J connectivity index is 1.64. The van der Waals surface area contributed by atoms with Crippen molar-refractivity contribution >= 4 is 23.6 Å². The summed E-state index contributed by atoms with van der Waals surface area (Å²) in [5, 5.41) is 12.3. The number of hydrogen-bond acceptors (Lipinski definition) is 3. The summed E-state index contributed by atoms with van der Waals surface area (Å²) in [6, 6.07) is 6.81. The van der Waals surface area contributed by atoms with Crippen molar-refractivity contribution < 1.29 is 19.4 Å². The quantitative estimate of drug-likeness (QED) is 0.869. The maximum Gasteiger partial charge on any atom is 0.407 e. The highest BCUT2D eigenvalue weighted by Crippen LogP contribution is 2.17. The van der Waals surface area contributed by atoms with Crippen LogP contribution in [0.4, 0.5) is 4.79 Å². The van der Waals surface area contributed by atoms with Gasteiger partial charge in [-0.1, -0.05) is 11.6 Å². The van der Waals surface area contributed by atoms with Crippen molar-refractivity contribution in [3.8, 4) is 5.75 Å². The van der Waals surface area contributed by atoms with Crippen LogP contribution in [-0.4, -0.2) is 48.2 Å². The zero-order valence-electron chi connectivity index (χ0n) is 12.1. The van der Waals surface area contributed by atoms with Gasteiger partial charge in [0.2, 0.25) is 0 Å². The fourth-order valence-electron chi connectivity index (χ4n) is 2.32. The Morgan fingerprint density at radius 1 is 1.27 bits per heavy atom. The summed E-state index contributed by atoms with van der Waals surface area (Å²) in [5.74, 6) is 0.722. The van der Waals surface area contributed by atoms with Crippen LogP contribution in [0, 0.1) is 5.92 Å². The van der Waals surface area contributed by atoms with E-state index in [0.717, 1.165) is 12.8 Å². The number of likely N-dealkylation sites (tertiary alicyclic amines) is 1. The molecular weight excluding hydrogens is 308 g/mol. The number of nitrogens with zero attached hydrogens (tertiary/aromatic N) is 1. The molecular formula is C15H19ClN2O4. The number of amides is 2. The molecule has 1 saturated heterocycles. The molecule has 1 aliphatic rings. The Labute approximate surface area is 134 Å². The third kappa shape index (κ3) is 5.11. The maximum atomic E-state index is 11.7. The van der Waals surface area contributed by atoms with E-state index in [1.54, 1.807) is 24.3 Å². The predicted molar refractivity (Wildman–Crippen MR) is 82.3 cm³/mol. The Morgan fingerprint density at radius 3 is 2.50 bits per heavy atom. The summed E-state index contributed by atoms with van der Waals surface area (Å²) < 4.78 is 5.35. The van der Waals surface area contributed by atoms with Gasteiger partial charge in [-0.3, -0.25) is 4.79 Å². The van der Waals surface area contributed by atoms with Crippen molar-refractivity contribution in [3.05, 3.63) is 29.3 Å². The van der Waals surface area contributed by atoms with Crippen molar-refractivity contribution in [3.63, 3.8) is 0 Å². The first-order chi connectivity index (χ1) is 10.5. The van der Waals surface area contributed by atoms with Crippen LogP contribution >= 0.6 is 11.6 Å². The number of nitrogens with one attached hydrogen (secondary N) is 1. The lowest BCUT2D eigenvalue weighted by Crippen LogP contribution is -2.41. The molecule has 1 aromatic carbocycles. The summed E-state index contributed by atoms with van der Waals surface area (Å²) in [6.45, 7) is 1.56. The van der Waals surface area contributed by atoms with E-state index in [-0.39, 0.29) is 12.5 Å². The van der Waals surface area contributed by atoms with Crippen molar-refractivity contribution in [2.75, 3.05) is 26.2 Å². The van der Waals surface area contributed by atoms with Gasteiger partial charge in [0.25, 0.3) is 5.91 Å². The molecule has 0 aliphatic carbocycles. The van der Waals surface area contributed by atoms with Gasteiger partial charge in [-0.15, -0.1) is 0 Å². The summed E-state index contributed by atoms with van der Waals surface area (Å²) in [4.78, 5) is 23.9. The van der Waals surface area contributed by atoms with Gasteiger partial charge in [-0.05, 0) is 43.0 Å². The SMILES string of the molecule is O=C(COc1ccc(Cl)cc1)NCC1CCN(C(=O)O)CC1. The fraction of sp³-hybridized carbons (Fsp3) is 0.467. The molecule has 0 spiro atoms. The molecule has 2 amide bonds. The molecule has 1 heterocycles. The van der Waals surface area contributed by atoms with Crippen LogP contribution in [-0.2, 0) is 4.79 Å². The van der Waals surface area contributed by atoms with E-state index in [1.165, 1.54) is 4.90 Å². The van der Waals surface area contributed by atoms with E-state index < -0.39 is 6.09 Å². The van der Waals surface area contributed by atoms with Gasteiger partial charge < -0.3 is 20.1 Å². The molecule has 0 saturated carbocycles. The van der Waals surface area contributed by atoms with Crippen LogP contribution in [0.2, 0.25) is 5.02 Å². The highest BCUT2D eigenvalue weighted by Gasteiger charge is 2.22. The Bertz CT molecular complexity index is 513. The average molecular weight is 327 g/mol. The van der Waals surface area contributed by atoms with Gasteiger partial charge in [-0.25, -0.2) is 4.79 Å². The predicted octanol–water partition coefficient (Wildman–Crippen LogP) is 2.23. The molecule has 120 valence electrons. The van der Waals surface area contributed by atoms with Crippen LogP contribution in [0.15, 0.2) is 24.3 Å². The standard InChI is InChI=1S/C15H19ClN2O4/c16-12-1-3-13(4-2-12)22-10-14(19)17-9-11-5-7-18(8-6-11)15(20)21/h1-4,11H,5-10H2,(H,17,19)(H,20,21). The normalized spacial score (nSPS) is 15.4. The zero-order chi connectivity index (χ0) is 15.9. The lowest BCUT2D eigenvalue weighted by molar-refractivity contribution is -0.123. The lowest BCUT2D eigenvalue weighted by atomic mass is 9.97. The smallest absolute Gasteiger partial charge is 0.407 e. The molecule has 7 heteroatoms. The minimum atomic E-state index is -0.876. The average Bonchev–Trinajstić information content (AvgIpc) is 2.52. The third-order valence-corrected chi connectivity index (χ3v) is 3.91. The Hall–Kier alpha value is -1.95. The molecule has 1 fully saturated rings. The van der Waals surface area contributed by atoms with E-state index in [1.807, 2.05) is 0 Å². The second-order valence-electron chi connectivity index (χ2n) is 5.26. The van der Waals surface area contributed by atoms with Gasteiger partial charge >= 0.3 is 6.09 Å². The number of halogens is 1. The molecule has 0 radical (unpaired) electrons. The van der Waals surface area contributed by atoms with Crippen molar-refractivity contribution in [2.45, 2.75) is 12.8 Å². The van der Waals surface area contributed by atoms with Gasteiger partial charge in [0.1, 0.15) is 5.75 Å². The molecule has 1 aliphatic heterocycles. The zero-order valence-corrected chi connectivity index (χ0v) is 12.9. The highest BCUT2D eigenvalue weighted by molar-refractivity contribution is 6.30. The second-order valence-corrected chi connectivity index (χ2v) is 5.70. The summed E-state index contributed by atoms with van der Waals surface area (Å²) >= 11 is 5.76. The number of carboxylic acid groups (broad SMARTS) is 1. The molecule has 2 N–H and O–H groups in total. The molecule has 2 rings (SSSR count). The molecule has 0 atom stereocenters. The molecule has 0 unspecified atom stereocenters. The lowest BCUT2D eigenvalue weighted by Gasteiger charge is -2.29. The van der Waals surface area contributed by atoms with E-state index in [2.05, 4.69) is 5.32 Å². The number of benzene rings is 1. The summed E-state index contributed by atoms with van der Waals surface area (Å²) in [5.41, 5.74) is 0. The van der Waals surface area contributed by atoms with E-state index in [9.17, 15) is 9.59 Å². The van der Waals surface area contributed by atoms with Crippen molar-refractivity contribution in [2.24, 2.45) is 5.92 Å². The van der Waals surface area contributed by atoms with Crippen molar-refractivity contribution in [1.29, 1.82) is 0 Å². The Kier molecular flexibility index (Phi) is 5.89. The largest absolute Gasteiger partial charge is 0.484 e. The van der Waals surface area contributed by atoms with Crippen LogP contribution in [0.5, 0.6) is 5.75 Å². The first-order valence-corrected chi connectivity index (χ1v) is 7.55. The molecule has 0 bridgehead atoms. The number of piperidine rings is 1. The number of carbonyl (C=O) groups excluding carboxylic acids is 1. The first-order valence-electron chi connectivity index (χ1n) is 7.17. The van der Waals surface area contributed by atoms with Crippen LogP contribution in [0.3, 0.4) is 0 Å². The van der Waals surface area contributed by atoms with E-state index in [4.69, 9.17) is 21.4 Å². The highest BCUT2D eigenvalue weighted by atomic mass is 35.5. The summed E-state index contributed by atoms with van der Waals surface area (Å²) in [7, 11) is 0. The minimum absolute atomic E-state index is 0.0460. The van der Waals surface area contributed by atoms with Crippen LogP contribution in [0.25, 0.3) is 0 Å². The number of carbonyl (C=O) groups is 2. The van der Waals surface area contributed by atoms with Crippen LogP contribution < -0.4 is 10.1 Å². The maximum absolute atomic E-state index is 11.7. The fourth-order valence-corrected chi connectivity index (χ4v) is 2.44. The van der Waals surface area contributed by atoms with Gasteiger partial charge in [0, 0.05) is 24.7 Å². The van der Waals surface area contributed by atoms with E-state index in [0.29, 0.717) is 36.3 Å². The number of ether oxygens (including phenoxy) is 1. The number of rotatable bonds is 5. The first kappa shape index (κ1) is 16.4. The summed E-state index contributed by atoms with van der Waals surface area (Å²) in [6.07, 6.45) is 0.661. The monoisotopic (exact) mass is 326 g/mol. The third-order valence-electron chi connectivity index (χ3n) is 3.66. The van der Waals surface area contributed by atoms with Crippen molar-refractivity contribution in [1.82, 2.24) is 10.2 Å². The van der Waals surface area contributed by atoms with Gasteiger partial charge in [0.05, 0.1) is 0 Å². The van der Waals surface area contributed by atoms with Gasteiger partial charge in [-0.2, -0.15) is 0 Å². The molecule has 0 aromatic heterocycles.